The minimum absolute atomic E-state index is 0. The molecule has 0 heterocycles. The Balaban J connectivity index is -0.0000106. The third-order valence-electron chi connectivity index (χ3n) is 9.42. The van der Waals surface area contributed by atoms with Gasteiger partial charge in [-0.2, -0.15) is 0 Å². The van der Waals surface area contributed by atoms with Gasteiger partial charge in [-0.3, -0.25) is 9.59 Å². The van der Waals surface area contributed by atoms with Gasteiger partial charge < -0.3 is 15.2 Å². The molecule has 0 aromatic heterocycles. The van der Waals surface area contributed by atoms with Gasteiger partial charge in [-0.15, -0.1) is 0 Å². The molecule has 0 saturated carbocycles. The average Bonchev–Trinajstić information content (AvgIpc) is 3.06. The molecular weight excluding hydrogens is 632 g/mol. The summed E-state index contributed by atoms with van der Waals surface area (Å²) in [6.45, 7) is 4.95. The normalized spacial score (nSPS) is 11.4. The first-order valence-corrected chi connectivity index (χ1v) is 20.7. The predicted octanol–water partition coefficient (Wildman–Crippen LogP) is 10.9. The molecule has 2 N–H and O–H groups in total. The first-order chi connectivity index (χ1) is 23.0. The van der Waals surface area contributed by atoms with Crippen molar-refractivity contribution >= 4 is 77.0 Å². The van der Waals surface area contributed by atoms with Gasteiger partial charge >= 0.3 is 77.0 Å². The average molecular weight is 714 g/mol. The number of rotatable bonds is 37. The van der Waals surface area contributed by atoms with Crippen molar-refractivity contribution in [1.82, 2.24) is 0 Å². The van der Waals surface area contributed by atoms with E-state index in [0.29, 0.717) is 6.61 Å². The zero-order chi connectivity index (χ0) is 34.5. The molecule has 0 aliphatic heterocycles. The molecular formula is C41H81NNa2O5. The summed E-state index contributed by atoms with van der Waals surface area (Å²) in [6, 6.07) is -0.983. The molecule has 0 unspecified atom stereocenters. The SMILES string of the molecule is CCCCCCCCCCCCCCCCCCOC(=O)CC[C@H](N)C(=O)OC(=O)CCCCCCCCCCCCCCCCC.[NaH].[NaH]. The fourth-order valence-electron chi connectivity index (χ4n) is 6.18. The van der Waals surface area contributed by atoms with Gasteiger partial charge in [-0.1, -0.05) is 200 Å². The number of carbonyl (C=O) groups is 3. The standard InChI is InChI=1S/C41H79NO5.2Na.2H/c1-3-5-7-9-11-13-15-17-19-21-23-25-27-29-31-33-37-46-39(43)36-35-38(42)41(45)47-40(44)34-32-30-28-26-24-22-20-18-16-14-12-10-8-6-4-2;;;;/h38H,3-37,42H2,1-2H3;;;;/t38-;;;;/m0..../s1. The summed E-state index contributed by atoms with van der Waals surface area (Å²) < 4.78 is 10.2. The van der Waals surface area contributed by atoms with Crippen molar-refractivity contribution in [2.75, 3.05) is 6.61 Å². The minimum atomic E-state index is -0.983. The molecule has 0 radical (unpaired) electrons. The number of unbranched alkanes of at least 4 members (excludes halogenated alkanes) is 29. The number of nitrogens with two attached hydrogens (primary N) is 1. The monoisotopic (exact) mass is 714 g/mol. The summed E-state index contributed by atoms with van der Waals surface area (Å²) in [7, 11) is 0. The van der Waals surface area contributed by atoms with Crippen LogP contribution in [-0.2, 0) is 23.9 Å². The summed E-state index contributed by atoms with van der Waals surface area (Å²) in [4.78, 5) is 36.2. The summed E-state index contributed by atoms with van der Waals surface area (Å²) in [5, 5.41) is 0. The fraction of sp³-hybridized carbons (Fsp3) is 0.927. The maximum atomic E-state index is 12.1. The van der Waals surface area contributed by atoms with Crippen molar-refractivity contribution in [1.29, 1.82) is 0 Å². The van der Waals surface area contributed by atoms with Crippen LogP contribution in [0.25, 0.3) is 0 Å². The Bertz CT molecular complexity index is 709. The summed E-state index contributed by atoms with van der Waals surface area (Å²) in [5.41, 5.74) is 5.86. The van der Waals surface area contributed by atoms with Crippen LogP contribution in [0, 0.1) is 0 Å². The van der Waals surface area contributed by atoms with Crippen LogP contribution in [0.3, 0.4) is 0 Å². The van der Waals surface area contributed by atoms with Gasteiger partial charge in [0.1, 0.15) is 6.04 Å². The van der Waals surface area contributed by atoms with Crippen LogP contribution >= 0.6 is 0 Å². The molecule has 0 aliphatic carbocycles. The van der Waals surface area contributed by atoms with Crippen LogP contribution in [-0.4, -0.2) is 89.7 Å². The molecule has 6 nitrogen and oxygen atoms in total. The van der Waals surface area contributed by atoms with Gasteiger partial charge in [-0.05, 0) is 19.3 Å². The zero-order valence-corrected chi connectivity index (χ0v) is 31.4. The summed E-state index contributed by atoms with van der Waals surface area (Å²) in [5.74, 6) is -1.62. The molecule has 8 heteroatoms. The van der Waals surface area contributed by atoms with E-state index in [1.165, 1.54) is 167 Å². The Morgan fingerprint density at radius 2 is 0.735 bits per heavy atom. The third-order valence-corrected chi connectivity index (χ3v) is 9.42. The van der Waals surface area contributed by atoms with Gasteiger partial charge in [0.25, 0.3) is 0 Å². The quantitative estimate of drug-likeness (QED) is 0.0298. The van der Waals surface area contributed by atoms with Crippen LogP contribution in [0.4, 0.5) is 0 Å². The van der Waals surface area contributed by atoms with Crippen LogP contribution in [0.15, 0.2) is 0 Å². The molecule has 0 rings (SSSR count). The Morgan fingerprint density at radius 1 is 0.429 bits per heavy atom. The first kappa shape index (κ1) is 53.9. The van der Waals surface area contributed by atoms with E-state index in [9.17, 15) is 14.4 Å². The number of esters is 3. The van der Waals surface area contributed by atoms with Gasteiger partial charge in [-0.25, -0.2) is 4.79 Å². The van der Waals surface area contributed by atoms with Crippen LogP contribution in [0.5, 0.6) is 0 Å². The third kappa shape index (κ3) is 42.9. The Kier molecular flexibility index (Phi) is 49.2. The van der Waals surface area contributed by atoms with E-state index in [1.807, 2.05) is 0 Å². The van der Waals surface area contributed by atoms with Crippen molar-refractivity contribution in [3.8, 4) is 0 Å². The molecule has 0 amide bonds. The predicted molar refractivity (Wildman–Crippen MR) is 213 cm³/mol. The summed E-state index contributed by atoms with van der Waals surface area (Å²) >= 11 is 0. The van der Waals surface area contributed by atoms with E-state index in [-0.39, 0.29) is 84.3 Å². The second-order valence-electron chi connectivity index (χ2n) is 14.2. The Labute approximate surface area is 348 Å². The number of hydrogen-bond donors (Lipinski definition) is 1. The van der Waals surface area contributed by atoms with Crippen LogP contribution in [0.1, 0.15) is 232 Å². The molecule has 0 bridgehead atoms. The van der Waals surface area contributed by atoms with E-state index in [0.717, 1.165) is 32.1 Å². The Morgan fingerprint density at radius 3 is 1.08 bits per heavy atom. The molecule has 49 heavy (non-hydrogen) atoms. The molecule has 0 aromatic carbocycles. The zero-order valence-electron chi connectivity index (χ0n) is 31.4. The second-order valence-corrected chi connectivity index (χ2v) is 14.2. The topological polar surface area (TPSA) is 95.7 Å². The van der Waals surface area contributed by atoms with Crippen molar-refractivity contribution in [2.24, 2.45) is 5.73 Å². The molecule has 0 aliphatic rings. The first-order valence-electron chi connectivity index (χ1n) is 20.7. The van der Waals surface area contributed by atoms with Crippen molar-refractivity contribution in [3.05, 3.63) is 0 Å². The molecule has 0 aromatic rings. The van der Waals surface area contributed by atoms with Gasteiger partial charge in [0, 0.05) is 12.8 Å². The number of ether oxygens (including phenoxy) is 2. The van der Waals surface area contributed by atoms with E-state index < -0.39 is 18.0 Å². The van der Waals surface area contributed by atoms with Crippen molar-refractivity contribution in [3.63, 3.8) is 0 Å². The van der Waals surface area contributed by atoms with Crippen molar-refractivity contribution < 1.29 is 23.9 Å². The molecule has 282 valence electrons. The van der Waals surface area contributed by atoms with E-state index in [4.69, 9.17) is 15.2 Å². The van der Waals surface area contributed by atoms with Gasteiger partial charge in [0.15, 0.2) is 0 Å². The second kappa shape index (κ2) is 44.7. The molecule has 0 saturated heterocycles. The fourth-order valence-corrected chi connectivity index (χ4v) is 6.18. The van der Waals surface area contributed by atoms with E-state index in [1.54, 1.807) is 0 Å². The van der Waals surface area contributed by atoms with Gasteiger partial charge in [0.2, 0.25) is 0 Å². The number of carbonyl (C=O) groups excluding carboxylic acids is 3. The number of hydrogen-bond acceptors (Lipinski definition) is 6. The van der Waals surface area contributed by atoms with Crippen LogP contribution < -0.4 is 5.73 Å². The van der Waals surface area contributed by atoms with Crippen LogP contribution in [0.2, 0.25) is 0 Å². The van der Waals surface area contributed by atoms with E-state index in [2.05, 4.69) is 13.8 Å². The van der Waals surface area contributed by atoms with E-state index >= 15 is 0 Å². The van der Waals surface area contributed by atoms with Crippen molar-refractivity contribution in [2.45, 2.75) is 238 Å². The molecule has 0 spiro atoms. The Hall–Kier alpha value is 0.570. The van der Waals surface area contributed by atoms with Gasteiger partial charge in [0.05, 0.1) is 6.61 Å². The molecule has 0 fully saturated rings. The summed E-state index contributed by atoms with van der Waals surface area (Å²) in [6.07, 6.45) is 40.2. The maximum absolute atomic E-state index is 12.1. The molecule has 1 atom stereocenters.